The van der Waals surface area contributed by atoms with E-state index >= 15 is 0 Å². The van der Waals surface area contributed by atoms with Crippen molar-refractivity contribution in [1.82, 2.24) is 0 Å². The van der Waals surface area contributed by atoms with E-state index in [0.717, 1.165) is 0 Å². The third-order valence-electron chi connectivity index (χ3n) is 0.409. The molecule has 0 unspecified atom stereocenters. The number of hydrogen-bond donors (Lipinski definition) is 0. The molecule has 0 atom stereocenters. The maximum atomic E-state index is 3.68. The predicted octanol–water partition coefficient (Wildman–Crippen LogP) is 1.31. The molecule has 0 spiro atoms. The van der Waals surface area contributed by atoms with Crippen molar-refractivity contribution >= 4 is 17.3 Å². The molecule has 1 aliphatic heterocycles. The van der Waals surface area contributed by atoms with E-state index in [4.69, 9.17) is 0 Å². The molecule has 30 valence electrons. The monoisotopic (exact) mass is 97.0 g/mol. The summed E-state index contributed by atoms with van der Waals surface area (Å²) in [6.45, 7) is 2.65. The number of nitrogens with zero attached hydrogens (tertiary/aromatic N) is 1. The molecule has 1 aliphatic rings. The number of aliphatic imine (C=N–C) groups is 1. The quantitative estimate of drug-likeness (QED) is 0.444. The predicted molar refractivity (Wildman–Crippen MR) is 28.5 cm³/mol. The lowest BCUT2D eigenvalue weighted by atomic mass is 10.6. The van der Waals surface area contributed by atoms with Crippen LogP contribution in [0.3, 0.4) is 0 Å². The Bertz CT molecular complexity index is 65.5. The van der Waals surface area contributed by atoms with Crippen LogP contribution in [0.1, 0.15) is 0 Å². The Hall–Kier alpha value is -0.240. The summed E-state index contributed by atoms with van der Waals surface area (Å²) in [5, 5.41) is 1.92. The fourth-order valence-corrected chi connectivity index (χ4v) is 0.540. The lowest BCUT2D eigenvalue weighted by Crippen LogP contribution is -1.67. The highest BCUT2D eigenvalue weighted by Crippen LogP contribution is 2.03. The molecule has 0 aromatic rings. The topological polar surface area (TPSA) is 12.4 Å². The second kappa shape index (κ2) is 2.03. The zero-order valence-electron chi connectivity index (χ0n) is 3.09. The first-order chi connectivity index (χ1) is 3.00. The minimum Gasteiger partial charge on any atom is -0.269 e. The van der Waals surface area contributed by atoms with Crippen molar-refractivity contribution in [3.63, 3.8) is 0 Å². The first-order valence-corrected chi connectivity index (χ1v) is 2.52. The largest absolute Gasteiger partial charge is 0.269 e. The van der Waals surface area contributed by atoms with E-state index in [0.29, 0.717) is 0 Å². The van der Waals surface area contributed by atoms with Crippen molar-refractivity contribution in [3.8, 4) is 0 Å². The van der Waals surface area contributed by atoms with Gasteiger partial charge < -0.3 is 0 Å². The smallest absolute Gasteiger partial charge is 0.143 e. The van der Waals surface area contributed by atoms with Gasteiger partial charge in [0.05, 0.1) is 5.55 Å². The molecule has 0 aliphatic carbocycles. The van der Waals surface area contributed by atoms with Crippen LogP contribution in [0.5, 0.6) is 0 Å². The van der Waals surface area contributed by atoms with Crippen LogP contribution in [0.4, 0.5) is 0 Å². The van der Waals surface area contributed by atoms with Crippen LogP contribution in [-0.2, 0) is 0 Å². The van der Waals surface area contributed by atoms with Gasteiger partial charge in [-0.1, -0.05) is 11.8 Å². The van der Waals surface area contributed by atoms with Gasteiger partial charge in [-0.05, 0) is 11.5 Å². The van der Waals surface area contributed by atoms with Crippen molar-refractivity contribution < 1.29 is 0 Å². The average molecular weight is 97.1 g/mol. The lowest BCUT2D eigenvalue weighted by molar-refractivity contribution is 1.46. The van der Waals surface area contributed by atoms with Gasteiger partial charge >= 0.3 is 0 Å². The van der Waals surface area contributed by atoms with Crippen LogP contribution < -0.4 is 0 Å². The van der Waals surface area contributed by atoms with Crippen LogP contribution in [0, 0.1) is 6.54 Å². The summed E-state index contributed by atoms with van der Waals surface area (Å²) < 4.78 is 0. The molecule has 0 bridgehead atoms. The van der Waals surface area contributed by atoms with E-state index in [1.54, 1.807) is 23.4 Å². The van der Waals surface area contributed by atoms with Gasteiger partial charge in [-0.2, -0.15) is 0 Å². The first kappa shape index (κ1) is 3.93. The van der Waals surface area contributed by atoms with Crippen LogP contribution in [0.2, 0.25) is 0 Å². The van der Waals surface area contributed by atoms with E-state index < -0.39 is 0 Å². The lowest BCUT2D eigenvalue weighted by Gasteiger charge is -1.85. The van der Waals surface area contributed by atoms with Gasteiger partial charge in [-0.15, -0.1) is 0 Å². The number of rotatable bonds is 0. The maximum Gasteiger partial charge on any atom is 0.143 e. The summed E-state index contributed by atoms with van der Waals surface area (Å²) in [6.07, 6.45) is 1.78. The summed E-state index contributed by atoms with van der Waals surface area (Å²) in [5.74, 6) is 0. The minimum atomic E-state index is 1.56. The highest BCUT2D eigenvalue weighted by atomic mass is 32.2. The molecule has 1 rings (SSSR count). The molecule has 1 heterocycles. The van der Waals surface area contributed by atoms with Gasteiger partial charge in [-0.3, -0.25) is 4.99 Å². The first-order valence-electron chi connectivity index (χ1n) is 1.58. The zero-order chi connectivity index (χ0) is 4.24. The molecule has 1 nitrogen and oxygen atoms in total. The third kappa shape index (κ3) is 0.863. The van der Waals surface area contributed by atoms with Crippen molar-refractivity contribution in [3.05, 3.63) is 18.0 Å². The summed E-state index contributed by atoms with van der Waals surface area (Å²) in [4.78, 5) is 3.68. The van der Waals surface area contributed by atoms with Crippen LogP contribution >= 0.6 is 11.8 Å². The molecule has 6 heavy (non-hydrogen) atoms. The van der Waals surface area contributed by atoms with Crippen molar-refractivity contribution in [2.45, 2.75) is 0 Å². The van der Waals surface area contributed by atoms with Gasteiger partial charge in [0.2, 0.25) is 0 Å². The molecular formula is C4H3NS. The molecule has 2 heteroatoms. The molecule has 0 fully saturated rings. The molecule has 0 N–H and O–H groups in total. The Labute approximate surface area is 41.2 Å². The van der Waals surface area contributed by atoms with Gasteiger partial charge in [0, 0.05) is 0 Å². The Morgan fingerprint density at radius 1 is 1.67 bits per heavy atom. The van der Waals surface area contributed by atoms with E-state index in [9.17, 15) is 0 Å². The number of thioether (sulfide) groups is 1. The van der Waals surface area contributed by atoms with E-state index in [1.807, 2.05) is 5.41 Å². The molecular weight excluding hydrogens is 94.1 g/mol. The van der Waals surface area contributed by atoms with Crippen LogP contribution in [-0.4, -0.2) is 5.55 Å². The fourth-order valence-electron chi connectivity index (χ4n) is 0.209. The van der Waals surface area contributed by atoms with Crippen LogP contribution in [0.15, 0.2) is 16.5 Å². The Morgan fingerprint density at radius 3 is 2.83 bits per heavy atom. The summed E-state index contributed by atoms with van der Waals surface area (Å²) >= 11 is 1.56. The minimum absolute atomic E-state index is 1.56. The fraction of sp³-hybridized carbons (Fsp3) is 0. The van der Waals surface area contributed by atoms with Gasteiger partial charge in [0.15, 0.2) is 0 Å². The number of hydrogen-bond acceptors (Lipinski definition) is 2. The maximum absolute atomic E-state index is 3.68. The second-order valence-corrected chi connectivity index (χ2v) is 1.56. The summed E-state index contributed by atoms with van der Waals surface area (Å²) in [7, 11) is 0. The van der Waals surface area contributed by atoms with E-state index in [2.05, 4.69) is 11.5 Å². The molecule has 2 radical (unpaired) electrons. The standard InChI is InChI=1S/C4H3NS/c1-2-5-4-6-3-1/h1,3-4H. The van der Waals surface area contributed by atoms with E-state index in [1.165, 1.54) is 0 Å². The van der Waals surface area contributed by atoms with Crippen LogP contribution in [0.25, 0.3) is 0 Å². The van der Waals surface area contributed by atoms with Crippen molar-refractivity contribution in [2.75, 3.05) is 0 Å². The zero-order valence-corrected chi connectivity index (χ0v) is 3.90. The molecule has 0 amide bonds. The molecule has 0 saturated carbocycles. The summed E-state index contributed by atoms with van der Waals surface area (Å²) in [6, 6.07) is 0. The van der Waals surface area contributed by atoms with Gasteiger partial charge in [0.1, 0.15) is 6.54 Å². The molecule has 0 saturated heterocycles. The van der Waals surface area contributed by atoms with E-state index in [-0.39, 0.29) is 0 Å². The van der Waals surface area contributed by atoms with Gasteiger partial charge in [0.25, 0.3) is 0 Å². The third-order valence-corrected chi connectivity index (χ3v) is 0.930. The SMILES string of the molecule is [C]1C=CSC=N1. The summed E-state index contributed by atoms with van der Waals surface area (Å²) in [5.41, 5.74) is 1.74. The highest BCUT2D eigenvalue weighted by Gasteiger charge is 1.79. The second-order valence-electron chi connectivity index (χ2n) is 0.802. The van der Waals surface area contributed by atoms with Crippen molar-refractivity contribution in [2.24, 2.45) is 4.99 Å². The van der Waals surface area contributed by atoms with Gasteiger partial charge in [-0.25, -0.2) is 0 Å². The Kier molecular flexibility index (Phi) is 1.33. The van der Waals surface area contributed by atoms with Crippen molar-refractivity contribution in [1.29, 1.82) is 0 Å². The highest BCUT2D eigenvalue weighted by molar-refractivity contribution is 8.14. The normalized spacial score (nSPS) is 18.7. The Morgan fingerprint density at radius 2 is 2.67 bits per heavy atom. The average Bonchev–Trinajstić information content (AvgIpc) is 1.72. The molecule has 0 aromatic carbocycles. The Balaban J connectivity index is 2.40. The molecule has 0 aromatic heterocycles.